The van der Waals surface area contributed by atoms with Crippen LogP contribution in [-0.4, -0.2) is 144 Å². The standard InChI is InChI=1S/C45H69N11O12S/c1-6-25(4)38-44(66)51-28(15-16-34(46)57)40(62)52-31(21-35(47)58)41(63)54-32(23-69-18-8-10-37(60)50-30(42(64)55-38)20-26-11-13-27(68-5)14-12-26)45(67)56-17-7-9-33(56)43(65)53-29(19-24(2)3)39(61)49-22-36(48)59/h11-14,24-25,28-33,38H,6-10,15-23H2,1-5H3,(H2,46,57)(H2,47,58)(H2,48,59)(H,49,61)(H,50,60)(H,51,66)(H,52,62)(H,53,65)(H,54,63)(H,55,64)/i1D3. The Morgan fingerprint density at radius 3 is 2.13 bits per heavy atom. The number of likely N-dealkylation sites (tertiary alicyclic amines) is 1. The lowest BCUT2D eigenvalue weighted by molar-refractivity contribution is -0.142. The van der Waals surface area contributed by atoms with Crippen LogP contribution >= 0.6 is 11.8 Å². The van der Waals surface area contributed by atoms with Gasteiger partial charge in [-0.2, -0.15) is 11.8 Å². The van der Waals surface area contributed by atoms with Gasteiger partial charge in [0.05, 0.1) is 20.1 Å². The number of thioether (sulfide) groups is 1. The Morgan fingerprint density at radius 1 is 0.841 bits per heavy atom. The molecule has 0 aromatic heterocycles. The normalized spacial score (nSPS) is 24.0. The molecular formula is C45H69N11O12S. The van der Waals surface area contributed by atoms with Gasteiger partial charge >= 0.3 is 0 Å². The van der Waals surface area contributed by atoms with E-state index in [0.29, 0.717) is 17.7 Å². The molecule has 2 heterocycles. The lowest BCUT2D eigenvalue weighted by Gasteiger charge is -2.31. The van der Waals surface area contributed by atoms with E-state index in [4.69, 9.17) is 26.1 Å². The summed E-state index contributed by atoms with van der Waals surface area (Å²) in [6.07, 6.45) is -1.78. The van der Waals surface area contributed by atoms with Crippen LogP contribution < -0.4 is 59.2 Å². The first-order chi connectivity index (χ1) is 33.8. The van der Waals surface area contributed by atoms with E-state index in [-0.39, 0.29) is 56.1 Å². The summed E-state index contributed by atoms with van der Waals surface area (Å²) >= 11 is 1.14. The van der Waals surface area contributed by atoms with E-state index >= 15 is 0 Å². The number of nitrogens with two attached hydrogens (primary N) is 3. The molecule has 24 heteroatoms. The van der Waals surface area contributed by atoms with Gasteiger partial charge in [-0.3, -0.25) is 52.7 Å². The molecule has 1 aromatic carbocycles. The molecule has 8 unspecified atom stereocenters. The topological polar surface area (TPSA) is 363 Å². The Balaban J connectivity index is 2.07. The van der Waals surface area contributed by atoms with Crippen LogP contribution in [0.2, 0.25) is 0 Å². The minimum absolute atomic E-state index is 0.0524. The average Bonchev–Trinajstić information content (AvgIpc) is 3.79. The number of nitrogens with one attached hydrogen (secondary N) is 7. The molecule has 0 aliphatic carbocycles. The highest BCUT2D eigenvalue weighted by Crippen LogP contribution is 2.22. The first-order valence-corrected chi connectivity index (χ1v) is 23.9. The molecule has 2 aliphatic rings. The lowest BCUT2D eigenvalue weighted by atomic mass is 9.96. The lowest BCUT2D eigenvalue weighted by Crippen LogP contribution is -2.61. The molecule has 0 spiro atoms. The molecule has 23 nitrogen and oxygen atoms in total. The van der Waals surface area contributed by atoms with Gasteiger partial charge in [-0.1, -0.05) is 46.2 Å². The molecule has 0 saturated carbocycles. The minimum Gasteiger partial charge on any atom is -0.497 e. The van der Waals surface area contributed by atoms with E-state index in [1.807, 2.05) is 13.8 Å². The van der Waals surface area contributed by atoms with Gasteiger partial charge in [0.2, 0.25) is 65.0 Å². The van der Waals surface area contributed by atoms with Gasteiger partial charge in [0.25, 0.3) is 0 Å². The quantitative estimate of drug-likeness (QED) is 0.0728. The average molecular weight is 991 g/mol. The first-order valence-electron chi connectivity index (χ1n) is 24.2. The predicted octanol–water partition coefficient (Wildman–Crippen LogP) is -2.50. The number of nitrogens with zero attached hydrogens (tertiary/aromatic N) is 1. The van der Waals surface area contributed by atoms with Crippen LogP contribution in [0.5, 0.6) is 5.75 Å². The minimum atomic E-state index is -2.61. The van der Waals surface area contributed by atoms with Crippen molar-refractivity contribution in [3.05, 3.63) is 29.8 Å². The highest BCUT2D eigenvalue weighted by Gasteiger charge is 2.40. The van der Waals surface area contributed by atoms with Gasteiger partial charge in [0.15, 0.2) is 0 Å². The number of hydrogen-bond acceptors (Lipinski definition) is 13. The highest BCUT2D eigenvalue weighted by atomic mass is 32.2. The molecule has 13 N–H and O–H groups in total. The summed E-state index contributed by atoms with van der Waals surface area (Å²) in [5.41, 5.74) is 16.7. The summed E-state index contributed by atoms with van der Waals surface area (Å²) in [7, 11) is 1.47. The van der Waals surface area contributed by atoms with Crippen LogP contribution in [0.4, 0.5) is 0 Å². The zero-order valence-electron chi connectivity index (χ0n) is 42.4. The number of carbonyl (C=O) groups is 11. The van der Waals surface area contributed by atoms with Gasteiger partial charge in [0, 0.05) is 35.7 Å². The van der Waals surface area contributed by atoms with Crippen LogP contribution in [0.1, 0.15) is 95.1 Å². The van der Waals surface area contributed by atoms with Crippen molar-refractivity contribution >= 4 is 76.7 Å². The molecule has 1 aromatic rings. The molecule has 2 aliphatic heterocycles. The second-order valence-corrected chi connectivity index (χ2v) is 18.6. The monoisotopic (exact) mass is 991 g/mol. The Hall–Kier alpha value is -6.46. The van der Waals surface area contributed by atoms with Gasteiger partial charge in [0.1, 0.15) is 48.0 Å². The highest BCUT2D eigenvalue weighted by molar-refractivity contribution is 7.99. The fourth-order valence-electron chi connectivity index (χ4n) is 7.57. The van der Waals surface area contributed by atoms with Crippen LogP contribution in [-0.2, 0) is 59.2 Å². The molecule has 8 atom stereocenters. The maximum atomic E-state index is 14.5. The number of primary amides is 3. The first kappa shape index (κ1) is 51.9. The molecular weight excluding hydrogens is 919 g/mol. The molecule has 69 heavy (non-hydrogen) atoms. The van der Waals surface area contributed by atoms with Gasteiger partial charge in [-0.25, -0.2) is 0 Å². The van der Waals surface area contributed by atoms with Crippen molar-refractivity contribution in [1.82, 2.24) is 42.1 Å². The summed E-state index contributed by atoms with van der Waals surface area (Å²) in [4.78, 5) is 149. The number of ether oxygens (including phenoxy) is 1. The summed E-state index contributed by atoms with van der Waals surface area (Å²) in [5.74, 6) is -10.3. The molecule has 2 saturated heterocycles. The van der Waals surface area contributed by atoms with E-state index < -0.39 is 152 Å². The van der Waals surface area contributed by atoms with E-state index in [9.17, 15) is 52.7 Å². The predicted molar refractivity (Wildman–Crippen MR) is 253 cm³/mol. The number of hydrogen-bond donors (Lipinski definition) is 10. The van der Waals surface area contributed by atoms with E-state index in [1.165, 1.54) is 18.9 Å². The molecule has 2 fully saturated rings. The summed E-state index contributed by atoms with van der Waals surface area (Å²) in [5, 5.41) is 17.7. The second kappa shape index (κ2) is 28.1. The summed E-state index contributed by atoms with van der Waals surface area (Å²) < 4.78 is 28.9. The summed E-state index contributed by atoms with van der Waals surface area (Å²) in [6, 6.07) is -3.55. The smallest absolute Gasteiger partial charge is 0.246 e. The largest absolute Gasteiger partial charge is 0.497 e. The number of amides is 11. The van der Waals surface area contributed by atoms with E-state index in [0.717, 1.165) is 11.8 Å². The van der Waals surface area contributed by atoms with Gasteiger partial charge < -0.3 is 64.1 Å². The van der Waals surface area contributed by atoms with Crippen molar-refractivity contribution in [2.24, 2.45) is 29.0 Å². The zero-order chi connectivity index (χ0) is 53.9. The Kier molecular flexibility index (Phi) is 21.2. The SMILES string of the molecule is [2H]C([2H])([2H])CC(C)C1NC(=O)C(Cc2ccc(OC)cc2)NC(=O)CCCSCC(C(=O)N2CCCC2C(=O)NC(CC(C)C)C(=O)NCC(N)=O)NC(=O)C(CC(N)=O)NC(=O)C(CCC(N)=O)NC1=O. The Morgan fingerprint density at radius 2 is 1.51 bits per heavy atom. The van der Waals surface area contributed by atoms with Crippen LogP contribution in [0.15, 0.2) is 24.3 Å². The van der Waals surface area contributed by atoms with Crippen molar-refractivity contribution in [2.75, 3.05) is 31.7 Å². The van der Waals surface area contributed by atoms with Crippen LogP contribution in [0.25, 0.3) is 0 Å². The third kappa shape index (κ3) is 18.9. The van der Waals surface area contributed by atoms with Crippen molar-refractivity contribution < 1.29 is 61.6 Å². The van der Waals surface area contributed by atoms with Crippen molar-refractivity contribution in [2.45, 2.75) is 134 Å². The number of rotatable bonds is 18. The maximum absolute atomic E-state index is 14.5. The third-order valence-corrected chi connectivity index (χ3v) is 12.4. The number of carbonyl (C=O) groups excluding carboxylic acids is 11. The zero-order valence-corrected chi connectivity index (χ0v) is 40.2. The fourth-order valence-corrected chi connectivity index (χ4v) is 8.54. The summed E-state index contributed by atoms with van der Waals surface area (Å²) in [6.45, 7) is 1.97. The third-order valence-electron chi connectivity index (χ3n) is 11.3. The molecule has 3 rings (SSSR count). The number of benzene rings is 1. The van der Waals surface area contributed by atoms with E-state index in [1.54, 1.807) is 24.3 Å². The molecule has 0 bridgehead atoms. The van der Waals surface area contributed by atoms with Crippen molar-refractivity contribution in [3.8, 4) is 5.75 Å². The molecule has 382 valence electrons. The Bertz CT molecular complexity index is 2130. The second-order valence-electron chi connectivity index (χ2n) is 17.4. The van der Waals surface area contributed by atoms with Crippen molar-refractivity contribution in [1.29, 1.82) is 0 Å². The maximum Gasteiger partial charge on any atom is 0.246 e. The van der Waals surface area contributed by atoms with Crippen LogP contribution in [0.3, 0.4) is 0 Å². The molecule has 11 amide bonds. The van der Waals surface area contributed by atoms with Gasteiger partial charge in [-0.05, 0) is 67.4 Å². The van der Waals surface area contributed by atoms with Gasteiger partial charge in [-0.15, -0.1) is 0 Å². The Labute approximate surface area is 410 Å². The van der Waals surface area contributed by atoms with Crippen LogP contribution in [0, 0.1) is 11.8 Å². The van der Waals surface area contributed by atoms with Crippen molar-refractivity contribution in [3.63, 3.8) is 0 Å². The van der Waals surface area contributed by atoms with E-state index in [2.05, 4.69) is 37.2 Å². The fraction of sp³-hybridized carbons (Fsp3) is 0.622. The molecule has 0 radical (unpaired) electrons. The number of methoxy groups -OCH3 is 1.